The molecule has 1 aromatic heterocycles. The number of fused-ring (bicyclic) bond motifs is 1. The molecule has 4 nitrogen and oxygen atoms in total. The minimum absolute atomic E-state index is 0.376. The number of pyridine rings is 1. The first-order chi connectivity index (χ1) is 9.09. The van der Waals surface area contributed by atoms with Crippen molar-refractivity contribution in [3.05, 3.63) is 42.2 Å². The maximum absolute atomic E-state index is 11.7. The Balaban J connectivity index is 2.41. The summed E-state index contributed by atoms with van der Waals surface area (Å²) in [6.45, 7) is 4.91. The Morgan fingerprint density at radius 1 is 1.32 bits per heavy atom. The number of hydrogen-bond acceptors (Lipinski definition) is 3. The van der Waals surface area contributed by atoms with Crippen LogP contribution in [0.4, 0.5) is 0 Å². The average molecular weight is 257 g/mol. The number of aromatic nitrogens is 1. The maximum Gasteiger partial charge on any atom is 0.239 e. The van der Waals surface area contributed by atoms with Crippen molar-refractivity contribution in [2.24, 2.45) is 11.7 Å². The Morgan fingerprint density at radius 2 is 2.05 bits per heavy atom. The van der Waals surface area contributed by atoms with Crippen LogP contribution in [0.5, 0.6) is 0 Å². The van der Waals surface area contributed by atoms with Crippen molar-refractivity contribution in [2.75, 3.05) is 6.54 Å². The predicted molar refractivity (Wildman–Crippen MR) is 76.5 cm³/mol. The van der Waals surface area contributed by atoms with Gasteiger partial charge in [-0.05, 0) is 17.8 Å². The summed E-state index contributed by atoms with van der Waals surface area (Å²) in [4.78, 5) is 15.9. The fourth-order valence-electron chi connectivity index (χ4n) is 2.09. The number of primary amides is 1. The molecule has 0 saturated heterocycles. The Hall–Kier alpha value is -1.94. The van der Waals surface area contributed by atoms with Gasteiger partial charge >= 0.3 is 0 Å². The molecule has 0 aliphatic carbocycles. The molecule has 0 radical (unpaired) electrons. The summed E-state index contributed by atoms with van der Waals surface area (Å²) in [6, 6.07) is 7.37. The van der Waals surface area contributed by atoms with Gasteiger partial charge < -0.3 is 11.1 Å². The molecule has 2 aromatic rings. The molecule has 1 heterocycles. The van der Waals surface area contributed by atoms with Crippen molar-refractivity contribution in [2.45, 2.75) is 19.9 Å². The second-order valence-corrected chi connectivity index (χ2v) is 5.09. The van der Waals surface area contributed by atoms with E-state index in [9.17, 15) is 4.79 Å². The van der Waals surface area contributed by atoms with E-state index < -0.39 is 6.04 Å². The van der Waals surface area contributed by atoms with E-state index in [1.54, 1.807) is 12.4 Å². The van der Waals surface area contributed by atoms with Gasteiger partial charge in [-0.15, -0.1) is 0 Å². The van der Waals surface area contributed by atoms with Crippen molar-refractivity contribution in [1.82, 2.24) is 10.3 Å². The van der Waals surface area contributed by atoms with Crippen molar-refractivity contribution in [3.8, 4) is 0 Å². The van der Waals surface area contributed by atoms with E-state index in [0.29, 0.717) is 5.92 Å². The topological polar surface area (TPSA) is 68.0 Å². The third-order valence-corrected chi connectivity index (χ3v) is 3.02. The van der Waals surface area contributed by atoms with Crippen LogP contribution >= 0.6 is 0 Å². The molecule has 0 spiro atoms. The van der Waals surface area contributed by atoms with Gasteiger partial charge in [0.15, 0.2) is 0 Å². The zero-order valence-corrected chi connectivity index (χ0v) is 11.3. The van der Waals surface area contributed by atoms with Gasteiger partial charge in [-0.2, -0.15) is 0 Å². The first-order valence-electron chi connectivity index (χ1n) is 6.45. The maximum atomic E-state index is 11.7. The van der Waals surface area contributed by atoms with E-state index in [-0.39, 0.29) is 5.91 Å². The molecule has 2 rings (SSSR count). The van der Waals surface area contributed by atoms with Crippen molar-refractivity contribution < 1.29 is 4.79 Å². The van der Waals surface area contributed by atoms with Gasteiger partial charge in [-0.1, -0.05) is 38.1 Å². The quantitative estimate of drug-likeness (QED) is 0.861. The zero-order chi connectivity index (χ0) is 13.8. The Labute approximate surface area is 113 Å². The predicted octanol–water partition coefficient (Wildman–Crippen LogP) is 2.01. The third kappa shape index (κ3) is 3.09. The van der Waals surface area contributed by atoms with E-state index in [1.165, 1.54) is 0 Å². The smallest absolute Gasteiger partial charge is 0.239 e. The summed E-state index contributed by atoms with van der Waals surface area (Å²) < 4.78 is 0. The Kier molecular flexibility index (Phi) is 4.12. The van der Waals surface area contributed by atoms with Crippen LogP contribution in [0.25, 0.3) is 10.8 Å². The molecule has 0 saturated carbocycles. The Morgan fingerprint density at radius 3 is 2.74 bits per heavy atom. The standard InChI is InChI=1S/C15H19N3O/c1-10(2)7-18-14(15(16)19)13-9-17-8-11-5-3-4-6-12(11)13/h3-6,8-10,14,18H,7H2,1-2H3,(H2,16,19). The van der Waals surface area contributed by atoms with Crippen molar-refractivity contribution in [3.63, 3.8) is 0 Å². The fraction of sp³-hybridized carbons (Fsp3) is 0.333. The van der Waals surface area contributed by atoms with Gasteiger partial charge in [0, 0.05) is 23.3 Å². The summed E-state index contributed by atoms with van der Waals surface area (Å²) in [7, 11) is 0. The van der Waals surface area contributed by atoms with Crippen LogP contribution in [-0.4, -0.2) is 17.4 Å². The molecule has 1 unspecified atom stereocenters. The minimum Gasteiger partial charge on any atom is -0.368 e. The molecule has 1 amide bonds. The fourth-order valence-corrected chi connectivity index (χ4v) is 2.09. The molecule has 0 fully saturated rings. The summed E-state index contributed by atoms with van der Waals surface area (Å²) in [5.74, 6) is 0.0728. The van der Waals surface area contributed by atoms with Gasteiger partial charge in [0.1, 0.15) is 6.04 Å². The summed E-state index contributed by atoms with van der Waals surface area (Å²) >= 11 is 0. The van der Waals surface area contributed by atoms with Crippen molar-refractivity contribution >= 4 is 16.7 Å². The molecule has 4 heteroatoms. The van der Waals surface area contributed by atoms with Crippen LogP contribution in [0, 0.1) is 5.92 Å². The number of nitrogens with one attached hydrogen (secondary N) is 1. The number of carbonyl (C=O) groups excluding carboxylic acids is 1. The largest absolute Gasteiger partial charge is 0.368 e. The first-order valence-corrected chi connectivity index (χ1v) is 6.45. The van der Waals surface area contributed by atoms with Gasteiger partial charge in [-0.3, -0.25) is 9.78 Å². The Bertz CT molecular complexity index is 575. The number of rotatable bonds is 5. The molecule has 0 aliphatic rings. The van der Waals surface area contributed by atoms with Crippen LogP contribution in [-0.2, 0) is 4.79 Å². The summed E-state index contributed by atoms with van der Waals surface area (Å²) in [5.41, 5.74) is 6.36. The van der Waals surface area contributed by atoms with E-state index in [1.807, 2.05) is 24.3 Å². The second kappa shape index (κ2) is 5.80. The summed E-state index contributed by atoms with van der Waals surface area (Å²) in [6.07, 6.45) is 3.50. The number of nitrogens with zero attached hydrogens (tertiary/aromatic N) is 1. The first kappa shape index (κ1) is 13.5. The molecule has 0 bridgehead atoms. The van der Waals surface area contributed by atoms with Crippen LogP contribution in [0.1, 0.15) is 25.5 Å². The van der Waals surface area contributed by atoms with Gasteiger partial charge in [0.25, 0.3) is 0 Å². The third-order valence-electron chi connectivity index (χ3n) is 3.02. The number of carbonyl (C=O) groups is 1. The molecular weight excluding hydrogens is 238 g/mol. The SMILES string of the molecule is CC(C)CNC(C(N)=O)c1cncc2ccccc12. The average Bonchev–Trinajstić information content (AvgIpc) is 2.38. The molecule has 19 heavy (non-hydrogen) atoms. The minimum atomic E-state index is -0.499. The van der Waals surface area contributed by atoms with Crippen LogP contribution < -0.4 is 11.1 Å². The van der Waals surface area contributed by atoms with E-state index >= 15 is 0 Å². The number of amides is 1. The van der Waals surface area contributed by atoms with Crippen LogP contribution in [0.2, 0.25) is 0 Å². The van der Waals surface area contributed by atoms with Crippen LogP contribution in [0.15, 0.2) is 36.7 Å². The molecule has 0 aliphatic heterocycles. The lowest BCUT2D eigenvalue weighted by molar-refractivity contribution is -0.120. The van der Waals surface area contributed by atoms with Crippen LogP contribution in [0.3, 0.4) is 0 Å². The highest BCUT2D eigenvalue weighted by Crippen LogP contribution is 2.23. The monoisotopic (exact) mass is 257 g/mol. The van der Waals surface area contributed by atoms with Crippen molar-refractivity contribution in [1.29, 1.82) is 0 Å². The van der Waals surface area contributed by atoms with Gasteiger partial charge in [0.05, 0.1) is 0 Å². The molecule has 1 atom stereocenters. The number of benzene rings is 1. The molecule has 1 aromatic carbocycles. The van der Waals surface area contributed by atoms with Gasteiger partial charge in [0.2, 0.25) is 5.91 Å². The highest BCUT2D eigenvalue weighted by atomic mass is 16.1. The second-order valence-electron chi connectivity index (χ2n) is 5.09. The highest BCUT2D eigenvalue weighted by Gasteiger charge is 2.20. The van der Waals surface area contributed by atoms with E-state index in [2.05, 4.69) is 24.1 Å². The molecule has 100 valence electrons. The normalized spacial score (nSPS) is 12.8. The highest BCUT2D eigenvalue weighted by molar-refractivity contribution is 5.91. The lowest BCUT2D eigenvalue weighted by Crippen LogP contribution is -2.35. The lowest BCUT2D eigenvalue weighted by atomic mass is 10.0. The summed E-state index contributed by atoms with van der Waals surface area (Å²) in [5, 5.41) is 5.24. The number of hydrogen-bond donors (Lipinski definition) is 2. The van der Waals surface area contributed by atoms with Gasteiger partial charge in [-0.25, -0.2) is 0 Å². The number of nitrogens with two attached hydrogens (primary N) is 1. The van der Waals surface area contributed by atoms with E-state index in [0.717, 1.165) is 22.9 Å². The lowest BCUT2D eigenvalue weighted by Gasteiger charge is -2.18. The van der Waals surface area contributed by atoms with E-state index in [4.69, 9.17) is 5.73 Å². The zero-order valence-electron chi connectivity index (χ0n) is 11.3. The molecule has 3 N–H and O–H groups in total. The molecular formula is C15H19N3O.